The Kier molecular flexibility index (Phi) is 38.9. The average Bonchev–Trinajstić information content (AvgIpc) is 1.66. The van der Waals surface area contributed by atoms with Crippen molar-refractivity contribution in [1.82, 2.24) is 59.3 Å². The minimum absolute atomic E-state index is 0. The predicted molar refractivity (Wildman–Crippen MR) is 397 cm³/mol. The summed E-state index contributed by atoms with van der Waals surface area (Å²) in [6.45, 7) is 10.2. The van der Waals surface area contributed by atoms with Crippen LogP contribution in [-0.4, -0.2) is 172 Å². The van der Waals surface area contributed by atoms with E-state index in [9.17, 15) is 47.4 Å². The Labute approximate surface area is 661 Å². The van der Waals surface area contributed by atoms with E-state index in [1.165, 1.54) is 55.1 Å². The summed E-state index contributed by atoms with van der Waals surface area (Å²) in [4.78, 5) is 105. The van der Waals surface area contributed by atoms with E-state index in [1.807, 2.05) is 0 Å². The molecule has 7 heterocycles. The summed E-state index contributed by atoms with van der Waals surface area (Å²) in [5.41, 5.74) is 6.44. The number of para-hydroxylation sites is 2. The van der Waals surface area contributed by atoms with Crippen LogP contribution in [0.3, 0.4) is 0 Å². The molecule has 40 heteroatoms. The molecule has 5 aliphatic carbocycles. The van der Waals surface area contributed by atoms with Gasteiger partial charge in [-0.2, -0.15) is 25.5 Å². The minimum atomic E-state index is -1.04. The second kappa shape index (κ2) is 46.9. The molecule has 0 unspecified atom stereocenters. The number of nitrogens with two attached hydrogens (primary N) is 1. The van der Waals surface area contributed by atoms with E-state index in [1.54, 1.807) is 107 Å². The summed E-state index contributed by atoms with van der Waals surface area (Å²) < 4.78 is 63.5. The summed E-state index contributed by atoms with van der Waals surface area (Å²) in [6, 6.07) is 19.8. The third-order valence-electron chi connectivity index (χ3n) is 14.5. The van der Waals surface area contributed by atoms with Crippen molar-refractivity contribution in [2.45, 2.75) is 143 Å². The molecule has 9 N–H and O–H groups in total. The van der Waals surface area contributed by atoms with E-state index in [-0.39, 0.29) is 131 Å². The van der Waals surface area contributed by atoms with Gasteiger partial charge in [0.25, 0.3) is 17.8 Å². The zero-order valence-corrected chi connectivity index (χ0v) is 63.1. The zero-order valence-electron chi connectivity index (χ0n) is 60.7. The van der Waals surface area contributed by atoms with Crippen LogP contribution < -0.4 is 20.5 Å². The summed E-state index contributed by atoms with van der Waals surface area (Å²) in [5.74, 6) is -3.57. The molecule has 14 rings (SSSR count). The second-order valence-electron chi connectivity index (χ2n) is 23.7. The third-order valence-corrected chi connectivity index (χ3v) is 14.9. The van der Waals surface area contributed by atoms with Crippen molar-refractivity contribution in [1.29, 1.82) is 0 Å². The van der Waals surface area contributed by atoms with Gasteiger partial charge in [-0.15, -0.1) is 0 Å². The molecular formula is C72H85BCl2CuF2N14O20. The molecule has 5 saturated carbocycles. The van der Waals surface area contributed by atoms with Crippen LogP contribution in [0.1, 0.15) is 211 Å². The summed E-state index contributed by atoms with van der Waals surface area (Å²) in [6.07, 6.45) is 22.3. The Bertz CT molecular complexity index is 4520. The van der Waals surface area contributed by atoms with E-state index in [0.717, 1.165) is 78.1 Å². The normalized spacial score (nSPS) is 12.9. The van der Waals surface area contributed by atoms with Crippen molar-refractivity contribution in [2.75, 3.05) is 37.5 Å². The molecule has 2 aromatic carbocycles. The number of ether oxygens (including phenoxy) is 6. The Morgan fingerprint density at radius 3 is 1.37 bits per heavy atom. The van der Waals surface area contributed by atoms with Gasteiger partial charge >= 0.3 is 31.0 Å². The zero-order chi connectivity index (χ0) is 80.6. The van der Waals surface area contributed by atoms with Crippen LogP contribution in [0.5, 0.6) is 28.7 Å². The molecule has 9 aromatic rings. The van der Waals surface area contributed by atoms with Gasteiger partial charge in [-0.3, -0.25) is 47.8 Å². The number of esters is 4. The first-order chi connectivity index (χ1) is 52.6. The maximum Gasteiger partial charge on any atom is 0.454 e. The number of aromatic hydroxyl groups is 1. The van der Waals surface area contributed by atoms with Crippen LogP contribution in [0.15, 0.2) is 116 Å². The molecule has 5 fully saturated rings. The summed E-state index contributed by atoms with van der Waals surface area (Å²) >= 11 is 11.7. The van der Waals surface area contributed by atoms with Crippen molar-refractivity contribution in [3.63, 3.8) is 0 Å². The number of carboxylic acids is 2. The smallest absolute Gasteiger partial charge is 0.454 e. The first-order valence-electron chi connectivity index (χ1n) is 34.2. The quantitative estimate of drug-likeness (QED) is 0.00827. The number of pyridine rings is 2. The largest absolute Gasteiger partial charge is 0.504 e. The number of H-pyrrole nitrogens is 1. The number of carbonyl (C=O) groups is 9. The number of aromatic nitrogens is 12. The molecule has 0 aliphatic heterocycles. The standard InChI is InChI=1S/C18H14ClFN4O2.C14H14ClN3O3.C10H12N2O3.C9H12N2O3.C7H8N2O3.C6H6FN.C3H7BO2.2C2H4O2.CH4.Cu/c19-16-9-12(7-8-21-16)26-15-10-24(11-5-6-11)23-17(15)18(25)22-14-4-2-1-3-13(14)20;1-2-20-14(19)13-11(8-18(17-13)9-3-4-9)21-10-5-6-16-12(15)7-10;1-2-15-10(14)9-7(6-13)5-12(11-9)8-3-4-8;1-2-14-9(13)8-7(12)5-11(10-8)6-3-4-6;1-2-12-7(11)6-5(4-10)3-8-9-6;7-5-3-1-2-4-6(5)8;5-4(6)3-1-2-3;2*1-2(3)4;;/h1-4,7-11H,5-6H2,(H,22,25);5-9H,2-4H2,1H3;5-6,8H,2-4H2,1H3;5-6,12H,2-4H2,1H3;3-4H,2H2,1H3,(H,8,9);1-4H,8H2;3,5-6H,1-2H2;2*1H3,(H,3,4);1H4;. The molecule has 112 heavy (non-hydrogen) atoms. The number of halogens is 4. The molecule has 0 bridgehead atoms. The molecule has 0 atom stereocenters. The van der Waals surface area contributed by atoms with E-state index in [2.05, 4.69) is 50.6 Å². The van der Waals surface area contributed by atoms with Crippen molar-refractivity contribution >= 4 is 96.0 Å². The van der Waals surface area contributed by atoms with Crippen LogP contribution in [0, 0.1) is 11.6 Å². The van der Waals surface area contributed by atoms with Gasteiger partial charge in [0.1, 0.15) is 33.4 Å². The van der Waals surface area contributed by atoms with Crippen LogP contribution >= 0.6 is 23.2 Å². The number of carbonyl (C=O) groups excluding carboxylic acids is 7. The fourth-order valence-electron chi connectivity index (χ4n) is 8.59. The number of nitrogens with one attached hydrogen (secondary N) is 2. The fourth-order valence-corrected chi connectivity index (χ4v) is 8.92. The molecule has 5 aliphatic rings. The number of hydrogen-bond acceptors (Lipinski definition) is 26. The summed E-state index contributed by atoms with van der Waals surface area (Å²) in [7, 11) is -1.04. The van der Waals surface area contributed by atoms with Crippen molar-refractivity contribution in [3.05, 3.63) is 178 Å². The Balaban J connectivity index is 0.000000280. The molecule has 0 saturated heterocycles. The van der Waals surface area contributed by atoms with Gasteiger partial charge in [0.05, 0.1) is 97.9 Å². The maximum atomic E-state index is 13.8. The number of aldehydes is 2. The molecule has 1 radical (unpaired) electrons. The van der Waals surface area contributed by atoms with Crippen LogP contribution in [0.25, 0.3) is 0 Å². The molecular weight excluding hydrogens is 1560 g/mol. The molecule has 1 amide bonds. The Morgan fingerprint density at radius 2 is 0.964 bits per heavy atom. The van der Waals surface area contributed by atoms with Crippen LogP contribution in [0.2, 0.25) is 16.1 Å². The van der Waals surface area contributed by atoms with Gasteiger partial charge in [-0.05, 0) is 121 Å². The van der Waals surface area contributed by atoms with Gasteiger partial charge in [-0.25, -0.2) is 37.9 Å². The first kappa shape index (κ1) is 92.9. The summed E-state index contributed by atoms with van der Waals surface area (Å²) in [5, 5.41) is 66.5. The number of nitrogens with zero attached hydrogens (tertiary/aromatic N) is 11. The number of aliphatic carboxylic acids is 2. The van der Waals surface area contributed by atoms with Gasteiger partial charge in [-0.1, -0.05) is 67.7 Å². The molecule has 7 aromatic heterocycles. The third kappa shape index (κ3) is 31.9. The number of benzene rings is 2. The van der Waals surface area contributed by atoms with Gasteiger partial charge in [0, 0.05) is 61.6 Å². The Hall–Kier alpha value is -11.4. The van der Waals surface area contributed by atoms with E-state index in [0.29, 0.717) is 58.7 Å². The number of hydrogen-bond donors (Lipinski definition) is 8. The molecule has 34 nitrogen and oxygen atoms in total. The van der Waals surface area contributed by atoms with E-state index in [4.69, 9.17) is 82.5 Å². The monoisotopic (exact) mass is 1650 g/mol. The van der Waals surface area contributed by atoms with Crippen molar-refractivity contribution in [2.24, 2.45) is 0 Å². The number of nitrogen functional groups attached to an aromatic ring is 1. The van der Waals surface area contributed by atoms with Crippen molar-refractivity contribution < 1.29 is 123 Å². The minimum Gasteiger partial charge on any atom is -0.504 e. The second-order valence-corrected chi connectivity index (χ2v) is 24.5. The fraction of sp³-hybridized carbons (Fsp3) is 0.361. The maximum absolute atomic E-state index is 13.8. The number of anilines is 2. The number of carboxylic acid groups (broad SMARTS) is 2. The van der Waals surface area contributed by atoms with Crippen molar-refractivity contribution in [3.8, 4) is 28.7 Å². The van der Waals surface area contributed by atoms with Crippen LogP contribution in [-0.2, 0) is 45.6 Å². The Morgan fingerprint density at radius 1 is 0.571 bits per heavy atom. The van der Waals surface area contributed by atoms with Gasteiger partial charge < -0.3 is 64.8 Å². The van der Waals surface area contributed by atoms with E-state index >= 15 is 0 Å². The number of aromatic amines is 1. The average molecular weight is 1650 g/mol. The first-order valence-corrected chi connectivity index (χ1v) is 34.9. The SMILES string of the molecule is C.CC(=O)O.CC(=O)O.CCOC(=O)c1[nH]ncc1C=O.CCOC(=O)c1nn(C2CC2)cc1C=O.CCOC(=O)c1nn(C2CC2)cc1O.CCOC(=O)c1nn(C2CC2)cc1Oc1ccnc(Cl)c1.Nc1ccccc1F.O=C(Nc1ccccc1F)c1nn(C2CC2)cc1Oc1ccnc(Cl)c1.OB(O)C1CC1.[Cu]. The van der Waals surface area contributed by atoms with Gasteiger partial charge in [0.15, 0.2) is 46.9 Å². The van der Waals surface area contributed by atoms with Crippen LogP contribution in [0.4, 0.5) is 20.2 Å². The van der Waals surface area contributed by atoms with Gasteiger partial charge in [0.2, 0.25) is 11.4 Å². The molecule has 605 valence electrons. The van der Waals surface area contributed by atoms with E-state index < -0.39 is 54.7 Å². The molecule has 0 spiro atoms. The number of amides is 1. The predicted octanol–water partition coefficient (Wildman–Crippen LogP) is 12.2. The number of rotatable bonds is 21. The topological polar surface area (TPSA) is 474 Å².